The standard InChI is InChI=1S/C15H28N2O/c1-2-7-15(8-3-1)13-17(10-4-9-16-15)14-5-11-18-12-6-14/h14,16H,1-13H2. The molecule has 3 heteroatoms. The van der Waals surface area contributed by atoms with Crippen LogP contribution in [0.4, 0.5) is 0 Å². The van der Waals surface area contributed by atoms with E-state index >= 15 is 0 Å². The summed E-state index contributed by atoms with van der Waals surface area (Å²) >= 11 is 0. The largest absolute Gasteiger partial charge is 0.381 e. The lowest BCUT2D eigenvalue weighted by Gasteiger charge is -2.43. The van der Waals surface area contributed by atoms with Gasteiger partial charge >= 0.3 is 0 Å². The smallest absolute Gasteiger partial charge is 0.0480 e. The van der Waals surface area contributed by atoms with E-state index in [-0.39, 0.29) is 0 Å². The third-order valence-corrected chi connectivity index (χ3v) is 5.15. The summed E-state index contributed by atoms with van der Waals surface area (Å²) < 4.78 is 5.52. The molecule has 0 aromatic rings. The molecule has 0 aromatic heterocycles. The van der Waals surface area contributed by atoms with Crippen molar-refractivity contribution in [3.63, 3.8) is 0 Å². The third-order valence-electron chi connectivity index (χ3n) is 5.15. The first kappa shape index (κ1) is 12.9. The van der Waals surface area contributed by atoms with Crippen LogP contribution in [0.1, 0.15) is 51.4 Å². The zero-order valence-corrected chi connectivity index (χ0v) is 11.6. The van der Waals surface area contributed by atoms with Crippen molar-refractivity contribution in [2.24, 2.45) is 0 Å². The highest BCUT2D eigenvalue weighted by atomic mass is 16.5. The van der Waals surface area contributed by atoms with Crippen LogP contribution in [0.3, 0.4) is 0 Å². The van der Waals surface area contributed by atoms with E-state index in [1.54, 1.807) is 0 Å². The molecule has 2 saturated heterocycles. The summed E-state index contributed by atoms with van der Waals surface area (Å²) in [4.78, 5) is 2.79. The van der Waals surface area contributed by atoms with E-state index in [1.807, 2.05) is 0 Å². The van der Waals surface area contributed by atoms with Gasteiger partial charge in [-0.25, -0.2) is 0 Å². The van der Waals surface area contributed by atoms with Gasteiger partial charge in [0.25, 0.3) is 0 Å². The topological polar surface area (TPSA) is 24.5 Å². The Kier molecular flexibility index (Phi) is 4.22. The minimum Gasteiger partial charge on any atom is -0.381 e. The number of hydrogen-bond acceptors (Lipinski definition) is 3. The molecule has 1 N–H and O–H groups in total. The maximum Gasteiger partial charge on any atom is 0.0480 e. The molecular formula is C15H28N2O. The van der Waals surface area contributed by atoms with E-state index < -0.39 is 0 Å². The van der Waals surface area contributed by atoms with Gasteiger partial charge in [0, 0.05) is 31.3 Å². The average Bonchev–Trinajstić information content (AvgIpc) is 2.64. The fraction of sp³-hybridized carbons (Fsp3) is 1.00. The molecule has 3 rings (SSSR count). The Morgan fingerprint density at radius 2 is 1.78 bits per heavy atom. The van der Waals surface area contributed by atoms with E-state index in [2.05, 4.69) is 10.2 Å². The molecule has 3 fully saturated rings. The van der Waals surface area contributed by atoms with Crippen LogP contribution in [-0.4, -0.2) is 49.3 Å². The second kappa shape index (κ2) is 5.89. The average molecular weight is 252 g/mol. The number of nitrogens with zero attached hydrogens (tertiary/aromatic N) is 1. The van der Waals surface area contributed by atoms with E-state index in [4.69, 9.17) is 4.74 Å². The normalized spacial score (nSPS) is 31.3. The van der Waals surface area contributed by atoms with Gasteiger partial charge in [-0.15, -0.1) is 0 Å². The maximum absolute atomic E-state index is 5.52. The molecule has 0 bridgehead atoms. The minimum absolute atomic E-state index is 0.451. The van der Waals surface area contributed by atoms with Crippen LogP contribution >= 0.6 is 0 Å². The zero-order chi connectivity index (χ0) is 12.3. The molecule has 0 atom stereocenters. The van der Waals surface area contributed by atoms with Crippen molar-refractivity contribution in [3.05, 3.63) is 0 Å². The predicted molar refractivity (Wildman–Crippen MR) is 73.8 cm³/mol. The molecule has 1 aliphatic carbocycles. The minimum atomic E-state index is 0.451. The monoisotopic (exact) mass is 252 g/mol. The predicted octanol–water partition coefficient (Wildman–Crippen LogP) is 2.16. The van der Waals surface area contributed by atoms with Gasteiger partial charge < -0.3 is 10.1 Å². The molecule has 2 aliphatic heterocycles. The molecule has 104 valence electrons. The van der Waals surface area contributed by atoms with Crippen LogP contribution in [0.2, 0.25) is 0 Å². The van der Waals surface area contributed by atoms with Gasteiger partial charge in [-0.05, 0) is 45.2 Å². The third kappa shape index (κ3) is 2.89. The van der Waals surface area contributed by atoms with E-state index in [1.165, 1.54) is 71.0 Å². The molecule has 1 saturated carbocycles. The Bertz CT molecular complexity index is 257. The molecular weight excluding hydrogens is 224 g/mol. The van der Waals surface area contributed by atoms with E-state index in [0.717, 1.165) is 19.3 Å². The lowest BCUT2D eigenvalue weighted by atomic mass is 9.81. The fourth-order valence-electron chi connectivity index (χ4n) is 4.08. The zero-order valence-electron chi connectivity index (χ0n) is 11.6. The Balaban J connectivity index is 1.66. The molecule has 3 aliphatic rings. The van der Waals surface area contributed by atoms with Gasteiger partial charge in [0.2, 0.25) is 0 Å². The first-order chi connectivity index (χ1) is 8.88. The molecule has 1 spiro atoms. The second-order valence-corrected chi connectivity index (χ2v) is 6.44. The summed E-state index contributed by atoms with van der Waals surface area (Å²) in [6.45, 7) is 5.75. The van der Waals surface area contributed by atoms with Crippen LogP contribution in [0.25, 0.3) is 0 Å². The Morgan fingerprint density at radius 1 is 1.00 bits per heavy atom. The number of ether oxygens (including phenoxy) is 1. The summed E-state index contributed by atoms with van der Waals surface area (Å²) in [5, 5.41) is 3.89. The van der Waals surface area contributed by atoms with Crippen LogP contribution < -0.4 is 5.32 Å². The highest BCUT2D eigenvalue weighted by molar-refractivity contribution is 4.96. The van der Waals surface area contributed by atoms with Crippen LogP contribution in [0.15, 0.2) is 0 Å². The summed E-state index contributed by atoms with van der Waals surface area (Å²) in [6, 6.07) is 0.789. The van der Waals surface area contributed by atoms with Gasteiger partial charge in [-0.2, -0.15) is 0 Å². The molecule has 18 heavy (non-hydrogen) atoms. The van der Waals surface area contributed by atoms with Gasteiger partial charge in [0.05, 0.1) is 0 Å². The van der Waals surface area contributed by atoms with Gasteiger partial charge in [-0.3, -0.25) is 4.90 Å². The summed E-state index contributed by atoms with van der Waals surface area (Å²) in [7, 11) is 0. The quantitative estimate of drug-likeness (QED) is 0.774. The number of rotatable bonds is 1. The van der Waals surface area contributed by atoms with Crippen molar-refractivity contribution < 1.29 is 4.74 Å². The Hall–Kier alpha value is -0.120. The van der Waals surface area contributed by atoms with Crippen molar-refractivity contribution in [1.82, 2.24) is 10.2 Å². The second-order valence-electron chi connectivity index (χ2n) is 6.44. The Morgan fingerprint density at radius 3 is 2.56 bits per heavy atom. The fourth-order valence-corrected chi connectivity index (χ4v) is 4.08. The molecule has 0 unspecified atom stereocenters. The molecule has 2 heterocycles. The van der Waals surface area contributed by atoms with Crippen LogP contribution in [0.5, 0.6) is 0 Å². The lowest BCUT2D eigenvalue weighted by molar-refractivity contribution is 0.0238. The highest BCUT2D eigenvalue weighted by Gasteiger charge is 2.36. The first-order valence-corrected chi connectivity index (χ1v) is 7.95. The van der Waals surface area contributed by atoms with Gasteiger partial charge in [-0.1, -0.05) is 19.3 Å². The Labute approximate surface area is 111 Å². The van der Waals surface area contributed by atoms with Crippen molar-refractivity contribution in [3.8, 4) is 0 Å². The maximum atomic E-state index is 5.52. The van der Waals surface area contributed by atoms with E-state index in [9.17, 15) is 0 Å². The SMILES string of the molecule is C1CCC2(CC1)CN(C1CCOCC1)CCCN2. The van der Waals surface area contributed by atoms with Crippen LogP contribution in [0, 0.1) is 0 Å². The van der Waals surface area contributed by atoms with Crippen molar-refractivity contribution in [1.29, 1.82) is 0 Å². The molecule has 0 aromatic carbocycles. The van der Waals surface area contributed by atoms with Crippen molar-refractivity contribution >= 4 is 0 Å². The number of hydrogen-bond donors (Lipinski definition) is 1. The van der Waals surface area contributed by atoms with Gasteiger partial charge in [0.1, 0.15) is 0 Å². The van der Waals surface area contributed by atoms with Crippen LogP contribution in [-0.2, 0) is 4.74 Å². The highest BCUT2D eigenvalue weighted by Crippen LogP contribution is 2.31. The molecule has 0 radical (unpaired) electrons. The summed E-state index contributed by atoms with van der Waals surface area (Å²) in [6.07, 6.45) is 10.9. The van der Waals surface area contributed by atoms with Crippen molar-refractivity contribution in [2.75, 3.05) is 32.8 Å². The first-order valence-electron chi connectivity index (χ1n) is 7.95. The van der Waals surface area contributed by atoms with Crippen molar-refractivity contribution in [2.45, 2.75) is 62.9 Å². The molecule has 3 nitrogen and oxygen atoms in total. The summed E-state index contributed by atoms with van der Waals surface area (Å²) in [5.74, 6) is 0. The number of nitrogens with one attached hydrogen (secondary N) is 1. The summed E-state index contributed by atoms with van der Waals surface area (Å²) in [5.41, 5.74) is 0.451. The molecule has 0 amide bonds. The van der Waals surface area contributed by atoms with Gasteiger partial charge in [0.15, 0.2) is 0 Å². The van der Waals surface area contributed by atoms with E-state index in [0.29, 0.717) is 5.54 Å². The lowest BCUT2D eigenvalue weighted by Crippen LogP contribution is -2.54.